The van der Waals surface area contributed by atoms with Crippen molar-refractivity contribution in [3.05, 3.63) is 35.0 Å². The van der Waals surface area contributed by atoms with Gasteiger partial charge in [0.25, 0.3) is 0 Å². The monoisotopic (exact) mass is 249 g/mol. The van der Waals surface area contributed by atoms with E-state index in [9.17, 15) is 4.79 Å². The summed E-state index contributed by atoms with van der Waals surface area (Å²) in [7, 11) is 0. The molecule has 0 amide bonds. The Hall–Kier alpha value is -1.32. The molecule has 0 aliphatic carbocycles. The van der Waals surface area contributed by atoms with Gasteiger partial charge in [-0.3, -0.25) is 4.79 Å². The zero-order valence-electron chi connectivity index (χ0n) is 9.20. The molecule has 2 aromatic rings. The van der Waals surface area contributed by atoms with Gasteiger partial charge >= 0.3 is 0 Å². The Labute approximate surface area is 104 Å². The van der Waals surface area contributed by atoms with Crippen LogP contribution in [-0.4, -0.2) is 23.5 Å². The first-order chi connectivity index (χ1) is 8.27. The minimum atomic E-state index is -0.301. The lowest BCUT2D eigenvalue weighted by Crippen LogP contribution is -2.19. The molecule has 1 saturated heterocycles. The van der Waals surface area contributed by atoms with E-state index in [0.717, 1.165) is 23.7 Å². The van der Waals surface area contributed by atoms with E-state index in [1.165, 1.54) is 0 Å². The van der Waals surface area contributed by atoms with Crippen molar-refractivity contribution in [3.63, 3.8) is 0 Å². The van der Waals surface area contributed by atoms with Crippen LogP contribution in [0.15, 0.2) is 24.4 Å². The first kappa shape index (κ1) is 10.8. The van der Waals surface area contributed by atoms with Gasteiger partial charge in [0, 0.05) is 29.3 Å². The highest BCUT2D eigenvalue weighted by Crippen LogP contribution is 2.29. The number of fused-ring (bicyclic) bond motifs is 1. The largest absolute Gasteiger partial charge is 0.370 e. The first-order valence-corrected chi connectivity index (χ1v) is 6.06. The summed E-state index contributed by atoms with van der Waals surface area (Å²) >= 11 is 6.14. The maximum atomic E-state index is 12.3. The summed E-state index contributed by atoms with van der Waals surface area (Å²) in [4.78, 5) is 15.3. The SMILES string of the molecule is O=C(c1c[nH]c2cccc(Cl)c12)C1CCCO1. The molecule has 4 heteroatoms. The van der Waals surface area contributed by atoms with E-state index in [1.54, 1.807) is 12.3 Å². The fourth-order valence-corrected chi connectivity index (χ4v) is 2.57. The van der Waals surface area contributed by atoms with Crippen molar-refractivity contribution in [1.82, 2.24) is 4.98 Å². The maximum absolute atomic E-state index is 12.3. The molecule has 0 saturated carbocycles. The molecule has 1 atom stereocenters. The van der Waals surface area contributed by atoms with Crippen LogP contribution in [0.4, 0.5) is 0 Å². The van der Waals surface area contributed by atoms with Crippen molar-refractivity contribution < 1.29 is 9.53 Å². The highest BCUT2D eigenvalue weighted by molar-refractivity contribution is 6.37. The number of hydrogen-bond acceptors (Lipinski definition) is 2. The molecular formula is C13H12ClNO2. The predicted molar refractivity (Wildman–Crippen MR) is 66.6 cm³/mol. The molecular weight excluding hydrogens is 238 g/mol. The second-order valence-corrected chi connectivity index (χ2v) is 4.64. The summed E-state index contributed by atoms with van der Waals surface area (Å²) in [5.41, 5.74) is 1.52. The second-order valence-electron chi connectivity index (χ2n) is 4.23. The number of aromatic amines is 1. The third-order valence-corrected chi connectivity index (χ3v) is 3.46. The predicted octanol–water partition coefficient (Wildman–Crippen LogP) is 3.18. The van der Waals surface area contributed by atoms with Gasteiger partial charge in [0.05, 0.1) is 5.02 Å². The number of halogens is 1. The molecule has 1 unspecified atom stereocenters. The number of Topliss-reactive ketones (excluding diaryl/α,β-unsaturated/α-hetero) is 1. The number of ketones is 1. The van der Waals surface area contributed by atoms with Crippen LogP contribution in [0.3, 0.4) is 0 Å². The number of H-pyrrole nitrogens is 1. The Bertz CT molecular complexity index is 570. The van der Waals surface area contributed by atoms with Gasteiger partial charge in [0.15, 0.2) is 5.78 Å². The van der Waals surface area contributed by atoms with Gasteiger partial charge in [0.1, 0.15) is 6.10 Å². The van der Waals surface area contributed by atoms with E-state index in [2.05, 4.69) is 4.98 Å². The highest BCUT2D eigenvalue weighted by atomic mass is 35.5. The van der Waals surface area contributed by atoms with Crippen LogP contribution in [0.2, 0.25) is 5.02 Å². The van der Waals surface area contributed by atoms with E-state index < -0.39 is 0 Å². The van der Waals surface area contributed by atoms with Gasteiger partial charge in [-0.25, -0.2) is 0 Å². The molecule has 17 heavy (non-hydrogen) atoms. The smallest absolute Gasteiger partial charge is 0.193 e. The Kier molecular flexibility index (Phi) is 2.65. The van der Waals surface area contributed by atoms with Crippen LogP contribution in [0.25, 0.3) is 10.9 Å². The van der Waals surface area contributed by atoms with Crippen LogP contribution in [0.5, 0.6) is 0 Å². The summed E-state index contributed by atoms with van der Waals surface area (Å²) < 4.78 is 5.42. The van der Waals surface area contributed by atoms with E-state index >= 15 is 0 Å². The van der Waals surface area contributed by atoms with Crippen LogP contribution >= 0.6 is 11.6 Å². The van der Waals surface area contributed by atoms with Crippen molar-refractivity contribution in [1.29, 1.82) is 0 Å². The van der Waals surface area contributed by atoms with Crippen molar-refractivity contribution in [2.24, 2.45) is 0 Å². The van der Waals surface area contributed by atoms with Gasteiger partial charge in [0.2, 0.25) is 0 Å². The quantitative estimate of drug-likeness (QED) is 0.831. The molecule has 1 aliphatic rings. The minimum Gasteiger partial charge on any atom is -0.370 e. The molecule has 1 aromatic carbocycles. The number of benzene rings is 1. The minimum absolute atomic E-state index is 0.0295. The zero-order chi connectivity index (χ0) is 11.8. The highest BCUT2D eigenvalue weighted by Gasteiger charge is 2.27. The van der Waals surface area contributed by atoms with Crippen molar-refractivity contribution in [2.45, 2.75) is 18.9 Å². The number of ether oxygens (including phenoxy) is 1. The van der Waals surface area contributed by atoms with E-state index in [0.29, 0.717) is 17.2 Å². The lowest BCUT2D eigenvalue weighted by atomic mass is 10.0. The summed E-state index contributed by atoms with van der Waals surface area (Å²) in [5.74, 6) is 0.0295. The molecule has 1 N–H and O–H groups in total. The summed E-state index contributed by atoms with van der Waals surface area (Å²) in [5, 5.41) is 1.40. The third-order valence-electron chi connectivity index (χ3n) is 3.14. The van der Waals surface area contributed by atoms with Crippen LogP contribution < -0.4 is 0 Å². The number of nitrogens with one attached hydrogen (secondary N) is 1. The van der Waals surface area contributed by atoms with Crippen molar-refractivity contribution in [3.8, 4) is 0 Å². The fraction of sp³-hybridized carbons (Fsp3) is 0.308. The van der Waals surface area contributed by atoms with Gasteiger partial charge in [-0.1, -0.05) is 17.7 Å². The number of carbonyl (C=O) groups is 1. The Morgan fingerprint density at radius 2 is 2.35 bits per heavy atom. The average molecular weight is 250 g/mol. The molecule has 0 radical (unpaired) electrons. The van der Waals surface area contributed by atoms with Crippen LogP contribution in [0, 0.1) is 0 Å². The molecule has 0 spiro atoms. The molecule has 1 aliphatic heterocycles. The number of aromatic nitrogens is 1. The van der Waals surface area contributed by atoms with E-state index in [4.69, 9.17) is 16.3 Å². The number of hydrogen-bond donors (Lipinski definition) is 1. The Balaban J connectivity index is 2.08. The number of carbonyl (C=O) groups excluding carboxylic acids is 1. The standard InChI is InChI=1S/C13H12ClNO2/c14-9-3-1-4-10-12(9)8(7-15-10)13(16)11-5-2-6-17-11/h1,3-4,7,11,15H,2,5-6H2. The van der Waals surface area contributed by atoms with Gasteiger partial charge < -0.3 is 9.72 Å². The van der Waals surface area contributed by atoms with E-state index in [-0.39, 0.29) is 11.9 Å². The lowest BCUT2D eigenvalue weighted by Gasteiger charge is -2.07. The number of rotatable bonds is 2. The molecule has 3 rings (SSSR count). The van der Waals surface area contributed by atoms with Crippen molar-refractivity contribution >= 4 is 28.3 Å². The molecule has 88 valence electrons. The normalized spacial score (nSPS) is 19.9. The zero-order valence-corrected chi connectivity index (χ0v) is 9.96. The molecule has 2 heterocycles. The molecule has 0 bridgehead atoms. The maximum Gasteiger partial charge on any atom is 0.193 e. The Morgan fingerprint density at radius 3 is 3.12 bits per heavy atom. The second kappa shape index (κ2) is 4.17. The van der Waals surface area contributed by atoms with Crippen LogP contribution in [-0.2, 0) is 4.74 Å². The van der Waals surface area contributed by atoms with E-state index in [1.807, 2.05) is 12.1 Å². The lowest BCUT2D eigenvalue weighted by molar-refractivity contribution is 0.0644. The molecule has 1 fully saturated rings. The topological polar surface area (TPSA) is 42.1 Å². The van der Waals surface area contributed by atoms with Gasteiger partial charge in [-0.05, 0) is 25.0 Å². The van der Waals surface area contributed by atoms with Crippen molar-refractivity contribution in [2.75, 3.05) is 6.61 Å². The van der Waals surface area contributed by atoms with Gasteiger partial charge in [-0.2, -0.15) is 0 Å². The summed E-state index contributed by atoms with van der Waals surface area (Å²) in [6, 6.07) is 5.57. The fourth-order valence-electron chi connectivity index (χ4n) is 2.29. The first-order valence-electron chi connectivity index (χ1n) is 5.69. The average Bonchev–Trinajstić information content (AvgIpc) is 2.98. The summed E-state index contributed by atoms with van der Waals surface area (Å²) in [6.07, 6.45) is 3.17. The Morgan fingerprint density at radius 1 is 1.47 bits per heavy atom. The van der Waals surface area contributed by atoms with Crippen LogP contribution in [0.1, 0.15) is 23.2 Å². The molecule has 1 aromatic heterocycles. The molecule has 3 nitrogen and oxygen atoms in total. The summed E-state index contributed by atoms with van der Waals surface area (Å²) in [6.45, 7) is 0.673. The van der Waals surface area contributed by atoms with Gasteiger partial charge in [-0.15, -0.1) is 0 Å². The third kappa shape index (κ3) is 1.75.